The molecule has 1 aliphatic rings. The van der Waals surface area contributed by atoms with Gasteiger partial charge in [0.05, 0.1) is 20.2 Å². The number of nitrogens with zero attached hydrogens (tertiary/aromatic N) is 4. The van der Waals surface area contributed by atoms with Crippen molar-refractivity contribution in [1.82, 2.24) is 14.1 Å². The highest BCUT2D eigenvalue weighted by Gasteiger charge is 2.25. The van der Waals surface area contributed by atoms with Crippen molar-refractivity contribution in [3.63, 3.8) is 0 Å². The molecule has 2 aromatic heterocycles. The van der Waals surface area contributed by atoms with E-state index in [0.29, 0.717) is 11.4 Å². The largest absolute Gasteiger partial charge is 0.481 e. The molecular weight excluding hydrogens is 414 g/mol. The Labute approximate surface area is 182 Å². The quantitative estimate of drug-likeness (QED) is 0.579. The molecule has 10 heteroatoms. The summed E-state index contributed by atoms with van der Waals surface area (Å²) in [6, 6.07) is 12.5. The van der Waals surface area contributed by atoms with Gasteiger partial charge in [0.25, 0.3) is 5.56 Å². The Morgan fingerprint density at radius 3 is 2.69 bits per heavy atom. The molecule has 10 nitrogen and oxygen atoms in total. The van der Waals surface area contributed by atoms with Gasteiger partial charge in [0, 0.05) is 19.3 Å². The first-order valence-electron chi connectivity index (χ1n) is 9.83. The number of hydrogen-bond donors (Lipinski definition) is 1. The van der Waals surface area contributed by atoms with Gasteiger partial charge in [0.2, 0.25) is 5.88 Å². The lowest BCUT2D eigenvalue weighted by Crippen LogP contribution is -2.42. The van der Waals surface area contributed by atoms with Gasteiger partial charge in [-0.3, -0.25) is 13.9 Å². The molecule has 1 aromatic carbocycles. The Morgan fingerprint density at radius 1 is 1.16 bits per heavy atom. The van der Waals surface area contributed by atoms with E-state index >= 15 is 0 Å². The minimum Gasteiger partial charge on any atom is -0.481 e. The number of methoxy groups -OCH3 is 1. The Hall–Kier alpha value is -4.21. The fourth-order valence-corrected chi connectivity index (χ4v) is 3.30. The molecule has 1 N–H and O–H groups in total. The van der Waals surface area contributed by atoms with Gasteiger partial charge in [-0.15, -0.1) is 0 Å². The zero-order valence-corrected chi connectivity index (χ0v) is 17.6. The molecule has 0 saturated carbocycles. The molecule has 3 aromatic rings. The van der Waals surface area contributed by atoms with Crippen molar-refractivity contribution < 1.29 is 14.3 Å². The van der Waals surface area contributed by atoms with Gasteiger partial charge in [-0.05, 0) is 17.2 Å². The van der Waals surface area contributed by atoms with Crippen LogP contribution in [0.4, 0.5) is 11.5 Å². The molecule has 0 saturated heterocycles. The number of aliphatic imine (C=N–C) groups is 1. The molecule has 164 valence electrons. The highest BCUT2D eigenvalue weighted by Crippen LogP contribution is 2.22. The molecule has 32 heavy (non-hydrogen) atoms. The molecule has 0 amide bonds. The number of hydrogen-bond acceptors (Lipinski definition) is 8. The van der Waals surface area contributed by atoms with E-state index in [1.807, 2.05) is 30.3 Å². The predicted octanol–water partition coefficient (Wildman–Crippen LogP) is 1.24. The number of esters is 1. The molecule has 0 spiro atoms. The van der Waals surface area contributed by atoms with Gasteiger partial charge < -0.3 is 14.8 Å². The SMILES string of the molecule is COc1cc(COC(=O)C2=Nc3c(n(C)c(=O)n(Cc4ccccc4)c3=O)NC2)ccn1. The minimum absolute atomic E-state index is 0.00486. The number of nitrogens with one attached hydrogen (secondary N) is 1. The summed E-state index contributed by atoms with van der Waals surface area (Å²) in [6.07, 6.45) is 1.55. The van der Waals surface area contributed by atoms with E-state index in [9.17, 15) is 14.4 Å². The van der Waals surface area contributed by atoms with Crippen LogP contribution >= 0.6 is 0 Å². The average molecular weight is 435 g/mol. The molecule has 1 aliphatic heterocycles. The van der Waals surface area contributed by atoms with Crippen LogP contribution in [0.5, 0.6) is 5.88 Å². The second kappa shape index (κ2) is 8.88. The highest BCUT2D eigenvalue weighted by atomic mass is 16.5. The average Bonchev–Trinajstić information content (AvgIpc) is 2.84. The number of ether oxygens (including phenoxy) is 2. The summed E-state index contributed by atoms with van der Waals surface area (Å²) in [5, 5.41) is 2.94. The molecule has 0 aliphatic carbocycles. The van der Waals surface area contributed by atoms with Gasteiger partial charge >= 0.3 is 11.7 Å². The van der Waals surface area contributed by atoms with Gasteiger partial charge in [0.1, 0.15) is 18.1 Å². The monoisotopic (exact) mass is 435 g/mol. The third-order valence-electron chi connectivity index (χ3n) is 4.99. The van der Waals surface area contributed by atoms with Crippen LogP contribution in [-0.2, 0) is 29.7 Å². The van der Waals surface area contributed by atoms with E-state index in [-0.39, 0.29) is 36.9 Å². The van der Waals surface area contributed by atoms with Crippen molar-refractivity contribution in [3.05, 3.63) is 80.6 Å². The standard InChI is InChI=1S/C22H21N5O5/c1-26-19-18(20(28)27(22(26)30)12-14-6-4-3-5-7-14)25-16(11-24-19)21(29)32-13-15-8-9-23-17(10-15)31-2/h3-10,24H,11-13H2,1-2H3. The third-order valence-corrected chi connectivity index (χ3v) is 4.99. The van der Waals surface area contributed by atoms with E-state index in [1.54, 1.807) is 25.4 Å². The second-order valence-electron chi connectivity index (χ2n) is 7.11. The van der Waals surface area contributed by atoms with Gasteiger partial charge in [-0.1, -0.05) is 30.3 Å². The fraction of sp³-hybridized carbons (Fsp3) is 0.227. The first-order valence-corrected chi connectivity index (χ1v) is 9.83. The summed E-state index contributed by atoms with van der Waals surface area (Å²) in [4.78, 5) is 46.6. The second-order valence-corrected chi connectivity index (χ2v) is 7.11. The maximum absolute atomic E-state index is 13.0. The Morgan fingerprint density at radius 2 is 1.94 bits per heavy atom. The van der Waals surface area contributed by atoms with E-state index in [4.69, 9.17) is 9.47 Å². The van der Waals surface area contributed by atoms with Crippen molar-refractivity contribution in [2.24, 2.45) is 12.0 Å². The van der Waals surface area contributed by atoms with E-state index in [2.05, 4.69) is 15.3 Å². The number of fused-ring (bicyclic) bond motifs is 1. The number of carbonyl (C=O) groups is 1. The number of aromatic nitrogens is 3. The van der Waals surface area contributed by atoms with E-state index < -0.39 is 17.2 Å². The molecular formula is C22H21N5O5. The van der Waals surface area contributed by atoms with E-state index in [0.717, 1.165) is 10.1 Å². The van der Waals surface area contributed by atoms with Crippen molar-refractivity contribution in [2.45, 2.75) is 13.2 Å². The summed E-state index contributed by atoms with van der Waals surface area (Å²) < 4.78 is 12.8. The maximum atomic E-state index is 13.0. The summed E-state index contributed by atoms with van der Waals surface area (Å²) in [6.45, 7) is 0.120. The van der Waals surface area contributed by atoms with Crippen molar-refractivity contribution in [1.29, 1.82) is 0 Å². The zero-order chi connectivity index (χ0) is 22.7. The Kier molecular flexibility index (Phi) is 5.84. The summed E-state index contributed by atoms with van der Waals surface area (Å²) in [5.41, 5.74) is 0.475. The van der Waals surface area contributed by atoms with Crippen LogP contribution in [0.1, 0.15) is 11.1 Å². The molecule has 0 atom stereocenters. The molecule has 4 rings (SSSR count). The van der Waals surface area contributed by atoms with Crippen LogP contribution < -0.4 is 21.3 Å². The maximum Gasteiger partial charge on any atom is 0.354 e. The molecule has 0 fully saturated rings. The van der Waals surface area contributed by atoms with Gasteiger partial charge in [-0.2, -0.15) is 0 Å². The highest BCUT2D eigenvalue weighted by molar-refractivity contribution is 6.38. The van der Waals surface area contributed by atoms with Crippen LogP contribution in [0, 0.1) is 0 Å². The summed E-state index contributed by atoms with van der Waals surface area (Å²) in [7, 11) is 3.04. The van der Waals surface area contributed by atoms with Crippen molar-refractivity contribution in [3.8, 4) is 5.88 Å². The third kappa shape index (κ3) is 4.15. The number of benzene rings is 1. The zero-order valence-electron chi connectivity index (χ0n) is 17.6. The normalized spacial score (nSPS) is 12.4. The molecule has 3 heterocycles. The lowest BCUT2D eigenvalue weighted by atomic mass is 10.2. The number of rotatable bonds is 6. The lowest BCUT2D eigenvalue weighted by molar-refractivity contribution is -0.136. The molecule has 0 radical (unpaired) electrons. The number of anilines is 1. The Balaban J connectivity index is 1.61. The minimum atomic E-state index is -0.665. The predicted molar refractivity (Wildman–Crippen MR) is 118 cm³/mol. The van der Waals surface area contributed by atoms with Crippen molar-refractivity contribution >= 4 is 23.2 Å². The van der Waals surface area contributed by atoms with Crippen LogP contribution in [0.2, 0.25) is 0 Å². The van der Waals surface area contributed by atoms with Crippen LogP contribution in [-0.4, -0.2) is 39.5 Å². The van der Waals surface area contributed by atoms with Crippen LogP contribution in [0.3, 0.4) is 0 Å². The number of pyridine rings is 1. The molecule has 0 unspecified atom stereocenters. The smallest absolute Gasteiger partial charge is 0.354 e. The molecule has 0 bridgehead atoms. The van der Waals surface area contributed by atoms with Crippen LogP contribution in [0.15, 0.2) is 63.2 Å². The summed E-state index contributed by atoms with van der Waals surface area (Å²) >= 11 is 0. The lowest BCUT2D eigenvalue weighted by Gasteiger charge is -2.20. The fourth-order valence-electron chi connectivity index (χ4n) is 3.30. The Bertz CT molecular complexity index is 1310. The van der Waals surface area contributed by atoms with Crippen molar-refractivity contribution in [2.75, 3.05) is 19.0 Å². The summed E-state index contributed by atoms with van der Waals surface area (Å²) in [5.74, 6) is 0.00515. The van der Waals surface area contributed by atoms with E-state index in [1.165, 1.54) is 11.7 Å². The topological polar surface area (TPSA) is 117 Å². The van der Waals surface area contributed by atoms with Crippen LogP contribution in [0.25, 0.3) is 0 Å². The first-order chi connectivity index (χ1) is 15.5. The van der Waals surface area contributed by atoms with Gasteiger partial charge in [-0.25, -0.2) is 19.6 Å². The number of carbonyl (C=O) groups excluding carboxylic acids is 1. The first kappa shape index (κ1) is 21.0. The van der Waals surface area contributed by atoms with Gasteiger partial charge in [0.15, 0.2) is 5.69 Å².